The van der Waals surface area contributed by atoms with E-state index >= 15 is 0 Å². The van der Waals surface area contributed by atoms with E-state index in [0.717, 1.165) is 9.86 Å². The minimum atomic E-state index is -0.375. The summed E-state index contributed by atoms with van der Waals surface area (Å²) < 4.78 is 7.21. The van der Waals surface area contributed by atoms with Gasteiger partial charge >= 0.3 is 5.97 Å². The van der Waals surface area contributed by atoms with E-state index in [1.165, 1.54) is 7.11 Å². The number of fused-ring (bicyclic) bond motifs is 1. The number of aryl methyl sites for hydroxylation is 1. The number of carbonyl (C=O) groups is 1. The molecule has 0 spiro atoms. The number of benzene rings is 1. The second kappa shape index (κ2) is 3.66. The molecule has 0 bridgehead atoms. The topological polar surface area (TPSA) is 44.1 Å². The van der Waals surface area contributed by atoms with Crippen LogP contribution in [-0.2, 0) is 11.8 Å². The van der Waals surface area contributed by atoms with Crippen molar-refractivity contribution in [3.8, 4) is 0 Å². The van der Waals surface area contributed by atoms with Crippen LogP contribution in [0.15, 0.2) is 22.8 Å². The number of aromatic nitrogens is 2. The summed E-state index contributed by atoms with van der Waals surface area (Å²) in [5.41, 5.74) is 1.13. The molecule has 0 saturated heterocycles. The number of carbonyl (C=O) groups excluding carboxylic acids is 1. The predicted molar refractivity (Wildman–Crippen MR) is 59.8 cm³/mol. The molecule has 1 aromatic heterocycles. The maximum absolute atomic E-state index is 11.5. The molecule has 5 heteroatoms. The van der Waals surface area contributed by atoms with Crippen LogP contribution in [0.25, 0.3) is 10.9 Å². The summed E-state index contributed by atoms with van der Waals surface area (Å²) in [6, 6.07) is 3.62. The molecule has 0 aliphatic carbocycles. The molecular weight excluding hydrogens is 260 g/mol. The van der Waals surface area contributed by atoms with Crippen LogP contribution in [0, 0.1) is 0 Å². The number of rotatable bonds is 1. The first-order valence-corrected chi connectivity index (χ1v) is 5.12. The molecule has 0 aliphatic rings. The van der Waals surface area contributed by atoms with Crippen molar-refractivity contribution < 1.29 is 9.53 Å². The summed E-state index contributed by atoms with van der Waals surface area (Å²) in [5.74, 6) is -0.375. The molecule has 0 amide bonds. The highest BCUT2D eigenvalue weighted by Gasteiger charge is 2.14. The van der Waals surface area contributed by atoms with Gasteiger partial charge in [0, 0.05) is 23.1 Å². The first-order valence-electron chi connectivity index (χ1n) is 4.33. The van der Waals surface area contributed by atoms with Gasteiger partial charge < -0.3 is 4.74 Å². The molecule has 1 heterocycles. The quantitative estimate of drug-likeness (QED) is 0.745. The molecule has 0 fully saturated rings. The highest BCUT2D eigenvalue weighted by atomic mass is 79.9. The van der Waals surface area contributed by atoms with Crippen LogP contribution in [0.1, 0.15) is 10.4 Å². The van der Waals surface area contributed by atoms with Gasteiger partial charge in [-0.3, -0.25) is 4.68 Å². The Morgan fingerprint density at radius 3 is 2.93 bits per heavy atom. The van der Waals surface area contributed by atoms with Crippen LogP contribution in [0.2, 0.25) is 0 Å². The van der Waals surface area contributed by atoms with Gasteiger partial charge in [0.1, 0.15) is 5.52 Å². The zero-order valence-corrected chi connectivity index (χ0v) is 9.91. The van der Waals surface area contributed by atoms with E-state index < -0.39 is 0 Å². The van der Waals surface area contributed by atoms with E-state index in [2.05, 4.69) is 21.0 Å². The molecule has 0 atom stereocenters. The average molecular weight is 269 g/mol. The summed E-state index contributed by atoms with van der Waals surface area (Å²) in [4.78, 5) is 11.5. The van der Waals surface area contributed by atoms with E-state index in [1.54, 1.807) is 10.7 Å². The molecule has 1 aromatic carbocycles. The number of esters is 1. The van der Waals surface area contributed by atoms with E-state index in [0.29, 0.717) is 11.1 Å². The standard InChI is InChI=1S/C10H9BrN2O2/c1-13-5-6-3-7(11)4-8(9(6)12-13)10(14)15-2/h3-5H,1-2H3. The fourth-order valence-corrected chi connectivity index (χ4v) is 1.96. The minimum Gasteiger partial charge on any atom is -0.465 e. The summed E-state index contributed by atoms with van der Waals surface area (Å²) in [7, 11) is 3.17. The minimum absolute atomic E-state index is 0.375. The maximum atomic E-state index is 11.5. The van der Waals surface area contributed by atoms with Gasteiger partial charge in [-0.15, -0.1) is 0 Å². The van der Waals surface area contributed by atoms with Crippen molar-refractivity contribution in [2.45, 2.75) is 0 Å². The molecule has 0 saturated carbocycles. The Hall–Kier alpha value is -1.36. The van der Waals surface area contributed by atoms with Crippen LogP contribution in [0.4, 0.5) is 0 Å². The summed E-state index contributed by atoms with van der Waals surface area (Å²) in [6.45, 7) is 0. The van der Waals surface area contributed by atoms with E-state index in [-0.39, 0.29) is 5.97 Å². The molecule has 2 rings (SSSR count). The smallest absolute Gasteiger partial charge is 0.340 e. The first-order chi connectivity index (χ1) is 7.11. The van der Waals surface area contributed by atoms with Crippen molar-refractivity contribution in [2.75, 3.05) is 7.11 Å². The fraction of sp³-hybridized carbons (Fsp3) is 0.200. The lowest BCUT2D eigenvalue weighted by molar-refractivity contribution is 0.0602. The predicted octanol–water partition coefficient (Wildman–Crippen LogP) is 2.12. The lowest BCUT2D eigenvalue weighted by Gasteiger charge is -2.00. The number of hydrogen-bond acceptors (Lipinski definition) is 3. The number of hydrogen-bond donors (Lipinski definition) is 0. The molecule has 4 nitrogen and oxygen atoms in total. The van der Waals surface area contributed by atoms with E-state index in [1.807, 2.05) is 19.3 Å². The van der Waals surface area contributed by atoms with Crippen molar-refractivity contribution in [3.63, 3.8) is 0 Å². The van der Waals surface area contributed by atoms with Gasteiger partial charge in [-0.1, -0.05) is 15.9 Å². The average Bonchev–Trinajstić information content (AvgIpc) is 2.55. The van der Waals surface area contributed by atoms with Crippen molar-refractivity contribution in [1.29, 1.82) is 0 Å². The normalized spacial score (nSPS) is 10.6. The molecule has 0 unspecified atom stereocenters. The molecule has 0 radical (unpaired) electrons. The zero-order chi connectivity index (χ0) is 11.0. The monoisotopic (exact) mass is 268 g/mol. The third-order valence-electron chi connectivity index (χ3n) is 2.09. The Kier molecular flexibility index (Phi) is 2.48. The SMILES string of the molecule is COC(=O)c1cc(Br)cc2cn(C)nc12. The Balaban J connectivity index is 2.75. The van der Waals surface area contributed by atoms with Gasteiger partial charge in [-0.05, 0) is 12.1 Å². The van der Waals surface area contributed by atoms with Gasteiger partial charge in [-0.25, -0.2) is 4.79 Å². The Morgan fingerprint density at radius 2 is 2.27 bits per heavy atom. The second-order valence-corrected chi connectivity index (χ2v) is 4.10. The van der Waals surface area contributed by atoms with Crippen molar-refractivity contribution in [1.82, 2.24) is 9.78 Å². The van der Waals surface area contributed by atoms with Crippen LogP contribution in [-0.4, -0.2) is 22.9 Å². The third kappa shape index (κ3) is 1.74. The van der Waals surface area contributed by atoms with Crippen LogP contribution < -0.4 is 0 Å². The molecule has 0 aliphatic heterocycles. The number of halogens is 1. The van der Waals surface area contributed by atoms with E-state index in [4.69, 9.17) is 4.74 Å². The second-order valence-electron chi connectivity index (χ2n) is 3.19. The molecule has 0 N–H and O–H groups in total. The van der Waals surface area contributed by atoms with Crippen molar-refractivity contribution >= 4 is 32.8 Å². The lowest BCUT2D eigenvalue weighted by atomic mass is 10.1. The number of ether oxygens (including phenoxy) is 1. The lowest BCUT2D eigenvalue weighted by Crippen LogP contribution is -2.02. The van der Waals surface area contributed by atoms with Gasteiger partial charge in [0.05, 0.1) is 12.7 Å². The van der Waals surface area contributed by atoms with Crippen LogP contribution in [0.3, 0.4) is 0 Å². The highest BCUT2D eigenvalue weighted by Crippen LogP contribution is 2.23. The van der Waals surface area contributed by atoms with Crippen LogP contribution in [0.5, 0.6) is 0 Å². The number of nitrogens with zero attached hydrogens (tertiary/aromatic N) is 2. The zero-order valence-electron chi connectivity index (χ0n) is 8.32. The molecule has 78 valence electrons. The van der Waals surface area contributed by atoms with Gasteiger partial charge in [0.15, 0.2) is 0 Å². The molecule has 15 heavy (non-hydrogen) atoms. The first kappa shape index (κ1) is 10.2. The Labute approximate surface area is 95.0 Å². The Bertz CT molecular complexity index is 533. The largest absolute Gasteiger partial charge is 0.465 e. The maximum Gasteiger partial charge on any atom is 0.340 e. The Morgan fingerprint density at radius 1 is 1.53 bits per heavy atom. The summed E-state index contributed by atoms with van der Waals surface area (Å²) >= 11 is 3.35. The van der Waals surface area contributed by atoms with Crippen LogP contribution >= 0.6 is 15.9 Å². The van der Waals surface area contributed by atoms with Crippen molar-refractivity contribution in [2.24, 2.45) is 7.05 Å². The van der Waals surface area contributed by atoms with Gasteiger partial charge in [-0.2, -0.15) is 5.10 Å². The van der Waals surface area contributed by atoms with E-state index in [9.17, 15) is 4.79 Å². The van der Waals surface area contributed by atoms with Gasteiger partial charge in [0.25, 0.3) is 0 Å². The fourth-order valence-electron chi connectivity index (χ4n) is 1.48. The molecular formula is C10H9BrN2O2. The highest BCUT2D eigenvalue weighted by molar-refractivity contribution is 9.10. The molecule has 2 aromatic rings. The third-order valence-corrected chi connectivity index (χ3v) is 2.55. The van der Waals surface area contributed by atoms with Gasteiger partial charge in [0.2, 0.25) is 0 Å². The number of methoxy groups -OCH3 is 1. The summed E-state index contributed by atoms with van der Waals surface area (Å²) in [5, 5.41) is 5.13. The van der Waals surface area contributed by atoms with Crippen molar-refractivity contribution in [3.05, 3.63) is 28.4 Å². The summed E-state index contributed by atoms with van der Waals surface area (Å²) in [6.07, 6.45) is 1.85.